The molecule has 0 aliphatic heterocycles. The maximum Gasteiger partial charge on any atom is 0.309 e. The molecule has 0 saturated carbocycles. The lowest BCUT2D eigenvalue weighted by Crippen LogP contribution is -2.30. The third-order valence-electron chi connectivity index (χ3n) is 2.97. The Kier molecular flexibility index (Phi) is 4.08. The first-order valence-electron chi connectivity index (χ1n) is 6.47. The summed E-state index contributed by atoms with van der Waals surface area (Å²) in [5.41, 5.74) is 0.426. The average molecular weight is 286 g/mol. The van der Waals surface area contributed by atoms with Gasteiger partial charge < -0.3 is 9.47 Å². The van der Waals surface area contributed by atoms with Crippen LogP contribution in [0.5, 0.6) is 5.75 Å². The zero-order chi connectivity index (χ0) is 15.6. The van der Waals surface area contributed by atoms with E-state index in [0.717, 1.165) is 0 Å². The number of carbonyl (C=O) groups is 3. The quantitative estimate of drug-likeness (QED) is 0.483. The van der Waals surface area contributed by atoms with Crippen LogP contribution in [0, 0.1) is 17.9 Å². The summed E-state index contributed by atoms with van der Waals surface area (Å²) < 4.78 is 10.1. The van der Waals surface area contributed by atoms with Crippen LogP contribution >= 0.6 is 0 Å². The second-order valence-corrected chi connectivity index (χ2v) is 4.86. The Morgan fingerprint density at radius 1 is 1.19 bits per heavy atom. The van der Waals surface area contributed by atoms with Crippen molar-refractivity contribution in [2.75, 3.05) is 0 Å². The minimum absolute atomic E-state index is 0.192. The number of carbonyl (C=O) groups excluding carboxylic acids is 3. The number of ketones is 2. The highest BCUT2D eigenvalue weighted by Gasteiger charge is 2.42. The molecule has 108 valence electrons. The van der Waals surface area contributed by atoms with Crippen LogP contribution in [-0.4, -0.2) is 23.6 Å². The Balaban J connectivity index is 2.28. The smallest absolute Gasteiger partial charge is 0.309 e. The van der Waals surface area contributed by atoms with Gasteiger partial charge in [-0.05, 0) is 18.2 Å². The van der Waals surface area contributed by atoms with Crippen LogP contribution in [0.4, 0.5) is 0 Å². The van der Waals surface area contributed by atoms with Gasteiger partial charge in [0.05, 0.1) is 5.92 Å². The summed E-state index contributed by atoms with van der Waals surface area (Å²) in [6, 6.07) is 4.45. The molecule has 0 saturated heterocycles. The first-order chi connectivity index (χ1) is 9.95. The van der Waals surface area contributed by atoms with Crippen LogP contribution in [0.25, 0.3) is 0 Å². The minimum atomic E-state index is -1.39. The molecule has 1 aliphatic carbocycles. The van der Waals surface area contributed by atoms with E-state index in [1.54, 1.807) is 26.8 Å². The van der Waals surface area contributed by atoms with Crippen LogP contribution in [0.3, 0.4) is 0 Å². The van der Waals surface area contributed by atoms with Gasteiger partial charge >= 0.3 is 5.97 Å². The molecule has 1 aromatic rings. The molecule has 0 amide bonds. The zero-order valence-corrected chi connectivity index (χ0v) is 11.9. The Hall–Kier alpha value is -2.61. The van der Waals surface area contributed by atoms with E-state index >= 15 is 0 Å². The predicted octanol–water partition coefficient (Wildman–Crippen LogP) is 1.99. The molecule has 1 aliphatic rings. The third-order valence-corrected chi connectivity index (χ3v) is 2.97. The molecule has 2 rings (SSSR count). The fraction of sp³-hybridized carbons (Fsp3) is 0.312. The Bertz CT molecular complexity index is 676. The molecule has 5 heteroatoms. The first-order valence-corrected chi connectivity index (χ1v) is 6.47. The molecule has 0 N–H and O–H groups in total. The van der Waals surface area contributed by atoms with E-state index in [0.29, 0.717) is 5.75 Å². The molecule has 21 heavy (non-hydrogen) atoms. The maximum absolute atomic E-state index is 12.2. The topological polar surface area (TPSA) is 69.7 Å². The van der Waals surface area contributed by atoms with Gasteiger partial charge in [-0.2, -0.15) is 0 Å². The predicted molar refractivity (Wildman–Crippen MR) is 73.9 cm³/mol. The number of fused-ring (bicyclic) bond motifs is 1. The Morgan fingerprint density at radius 2 is 1.86 bits per heavy atom. The van der Waals surface area contributed by atoms with Gasteiger partial charge in [0.1, 0.15) is 11.9 Å². The van der Waals surface area contributed by atoms with Gasteiger partial charge in [0, 0.05) is 18.1 Å². The van der Waals surface area contributed by atoms with E-state index in [1.165, 1.54) is 12.1 Å². The van der Waals surface area contributed by atoms with Crippen LogP contribution in [0.15, 0.2) is 18.2 Å². The summed E-state index contributed by atoms with van der Waals surface area (Å²) in [7, 11) is 0. The van der Waals surface area contributed by atoms with Gasteiger partial charge in [-0.3, -0.25) is 14.4 Å². The summed E-state index contributed by atoms with van der Waals surface area (Å²) in [6.45, 7) is 4.88. The van der Waals surface area contributed by atoms with E-state index in [2.05, 4.69) is 12.0 Å². The molecule has 0 bridgehead atoms. The molecule has 5 nitrogen and oxygen atoms in total. The highest BCUT2D eigenvalue weighted by Crippen LogP contribution is 2.28. The number of hydrogen-bond donors (Lipinski definition) is 0. The molecule has 1 aromatic carbocycles. The van der Waals surface area contributed by atoms with Crippen molar-refractivity contribution in [1.82, 2.24) is 0 Å². The maximum atomic E-state index is 12.2. The van der Waals surface area contributed by atoms with Crippen molar-refractivity contribution in [2.24, 2.45) is 5.92 Å². The summed E-state index contributed by atoms with van der Waals surface area (Å²) in [5.74, 6) is 0.898. The molecular formula is C16H14O5. The van der Waals surface area contributed by atoms with Gasteiger partial charge in [0.25, 0.3) is 0 Å². The summed E-state index contributed by atoms with van der Waals surface area (Å²) >= 11 is 0. The lowest BCUT2D eigenvalue weighted by Gasteiger charge is -2.10. The highest BCUT2D eigenvalue weighted by atomic mass is 16.6. The molecule has 0 aromatic heterocycles. The molecule has 0 fully saturated rings. The fourth-order valence-electron chi connectivity index (χ4n) is 1.88. The lowest BCUT2D eigenvalue weighted by molar-refractivity contribution is -0.148. The molecular weight excluding hydrogens is 272 g/mol. The minimum Gasteiger partial charge on any atom is -0.445 e. The standard InChI is InChI=1S/C16H14O5/c1-4-7-20-10-5-6-11-12(8-10)14(18)15(13(11)17)21-16(19)9(2)3/h5-6,8-9,15H,1-3H3. The normalized spacial score (nSPS) is 16.3. The number of benzene rings is 1. The molecule has 0 spiro atoms. The Labute approximate surface area is 122 Å². The van der Waals surface area contributed by atoms with E-state index in [9.17, 15) is 14.4 Å². The van der Waals surface area contributed by atoms with Gasteiger partial charge in [0.2, 0.25) is 17.7 Å². The fourth-order valence-corrected chi connectivity index (χ4v) is 1.88. The van der Waals surface area contributed by atoms with E-state index in [-0.39, 0.29) is 11.1 Å². The average Bonchev–Trinajstić information content (AvgIpc) is 2.69. The molecule has 1 atom stereocenters. The Morgan fingerprint density at radius 3 is 2.48 bits per heavy atom. The second kappa shape index (κ2) is 5.80. The van der Waals surface area contributed by atoms with Crippen molar-refractivity contribution < 1.29 is 23.9 Å². The van der Waals surface area contributed by atoms with Crippen molar-refractivity contribution in [3.05, 3.63) is 29.3 Å². The van der Waals surface area contributed by atoms with E-state index in [1.807, 2.05) is 0 Å². The van der Waals surface area contributed by atoms with E-state index in [4.69, 9.17) is 9.47 Å². The van der Waals surface area contributed by atoms with Crippen molar-refractivity contribution in [1.29, 1.82) is 0 Å². The van der Waals surface area contributed by atoms with Crippen molar-refractivity contribution in [3.63, 3.8) is 0 Å². The number of Topliss-reactive ketones (excluding diaryl/α,β-unsaturated/α-hetero) is 2. The van der Waals surface area contributed by atoms with Crippen molar-refractivity contribution >= 4 is 17.5 Å². The monoisotopic (exact) mass is 286 g/mol. The molecule has 1 unspecified atom stereocenters. The zero-order valence-electron chi connectivity index (χ0n) is 11.9. The van der Waals surface area contributed by atoms with Gasteiger partial charge in [-0.15, -0.1) is 0 Å². The van der Waals surface area contributed by atoms with Gasteiger partial charge in [0.15, 0.2) is 0 Å². The third kappa shape index (κ3) is 2.79. The molecule has 0 heterocycles. The van der Waals surface area contributed by atoms with Crippen LogP contribution in [0.1, 0.15) is 41.5 Å². The van der Waals surface area contributed by atoms with Gasteiger partial charge in [-0.25, -0.2) is 0 Å². The van der Waals surface area contributed by atoms with Gasteiger partial charge in [-0.1, -0.05) is 19.8 Å². The van der Waals surface area contributed by atoms with Crippen LogP contribution in [-0.2, 0) is 9.53 Å². The number of ether oxygens (including phenoxy) is 2. The lowest BCUT2D eigenvalue weighted by atomic mass is 10.1. The van der Waals surface area contributed by atoms with Crippen molar-refractivity contribution in [2.45, 2.75) is 26.9 Å². The summed E-state index contributed by atoms with van der Waals surface area (Å²) in [6.07, 6.45) is 1.02. The largest absolute Gasteiger partial charge is 0.445 e. The molecule has 0 radical (unpaired) electrons. The highest BCUT2D eigenvalue weighted by molar-refractivity contribution is 6.29. The van der Waals surface area contributed by atoms with E-state index < -0.39 is 29.6 Å². The SMILES string of the molecule is CC#COc1ccc2c(c1)C(=O)C(OC(=O)C(C)C)C2=O. The summed E-state index contributed by atoms with van der Waals surface area (Å²) in [5, 5.41) is 0. The number of hydrogen-bond acceptors (Lipinski definition) is 5. The first kappa shape index (κ1) is 14.8. The second-order valence-electron chi connectivity index (χ2n) is 4.86. The number of esters is 1. The van der Waals surface area contributed by atoms with Crippen molar-refractivity contribution in [3.8, 4) is 17.8 Å². The van der Waals surface area contributed by atoms with Crippen LogP contribution < -0.4 is 4.74 Å². The summed E-state index contributed by atoms with van der Waals surface area (Å²) in [4.78, 5) is 35.9. The van der Waals surface area contributed by atoms with Crippen LogP contribution in [0.2, 0.25) is 0 Å². The number of rotatable bonds is 3.